The molecule has 0 spiro atoms. The van der Waals surface area contributed by atoms with E-state index in [2.05, 4.69) is 32.6 Å². The third-order valence-electron chi connectivity index (χ3n) is 6.53. The van der Waals surface area contributed by atoms with Crippen LogP contribution in [0.2, 0.25) is 0 Å². The maximum Gasteiger partial charge on any atom is 0.0723 e. The van der Waals surface area contributed by atoms with Gasteiger partial charge in [-0.25, -0.2) is 0 Å². The molecular weight excluding hydrogens is 258 g/mol. The minimum Gasteiger partial charge on any atom is -0.391 e. The van der Waals surface area contributed by atoms with Gasteiger partial charge in [0, 0.05) is 19.1 Å². The molecule has 4 aliphatic carbocycles. The molecule has 1 N–H and O–H groups in total. The first kappa shape index (κ1) is 15.8. The highest BCUT2D eigenvalue weighted by atomic mass is 16.3. The second-order valence-electron chi connectivity index (χ2n) is 9.24. The fraction of sp³-hybridized carbons (Fsp3) is 1.00. The fourth-order valence-corrected chi connectivity index (χ4v) is 5.97. The van der Waals surface area contributed by atoms with Crippen molar-refractivity contribution in [3.05, 3.63) is 0 Å². The van der Waals surface area contributed by atoms with Crippen molar-refractivity contribution < 1.29 is 5.11 Å². The molecule has 4 saturated carbocycles. The van der Waals surface area contributed by atoms with Gasteiger partial charge in [0.15, 0.2) is 0 Å². The molecule has 2 heteroatoms. The molecule has 4 bridgehead atoms. The standard InChI is InChI=1S/C19H35NO/c1-13(2)11-20(14(3)4)12-18(21)19-8-15-5-16(9-19)7-17(6-15)10-19/h13-18,21H,5-12H2,1-4H3. The predicted molar refractivity (Wildman–Crippen MR) is 88.2 cm³/mol. The summed E-state index contributed by atoms with van der Waals surface area (Å²) in [5.74, 6) is 3.48. The Morgan fingerprint density at radius 2 is 1.38 bits per heavy atom. The Morgan fingerprint density at radius 3 is 1.76 bits per heavy atom. The van der Waals surface area contributed by atoms with Gasteiger partial charge in [0.25, 0.3) is 0 Å². The Labute approximate surface area is 131 Å². The van der Waals surface area contributed by atoms with Crippen LogP contribution in [0.5, 0.6) is 0 Å². The van der Waals surface area contributed by atoms with Gasteiger partial charge in [0.1, 0.15) is 0 Å². The van der Waals surface area contributed by atoms with E-state index >= 15 is 0 Å². The first-order valence-corrected chi connectivity index (χ1v) is 9.30. The highest BCUT2D eigenvalue weighted by molar-refractivity contribution is 5.04. The lowest BCUT2D eigenvalue weighted by molar-refractivity contribution is -0.128. The van der Waals surface area contributed by atoms with Crippen molar-refractivity contribution in [1.29, 1.82) is 0 Å². The van der Waals surface area contributed by atoms with Gasteiger partial charge in [-0.3, -0.25) is 4.90 Å². The molecule has 0 aliphatic heterocycles. The molecule has 21 heavy (non-hydrogen) atoms. The van der Waals surface area contributed by atoms with E-state index in [0.29, 0.717) is 12.0 Å². The molecule has 0 heterocycles. The maximum absolute atomic E-state index is 11.1. The molecule has 4 aliphatic rings. The second-order valence-corrected chi connectivity index (χ2v) is 9.24. The average molecular weight is 293 g/mol. The lowest BCUT2D eigenvalue weighted by Gasteiger charge is -2.59. The molecule has 4 fully saturated rings. The number of hydrogen-bond acceptors (Lipinski definition) is 2. The summed E-state index contributed by atoms with van der Waals surface area (Å²) < 4.78 is 0. The molecule has 1 atom stereocenters. The Morgan fingerprint density at radius 1 is 0.905 bits per heavy atom. The fourth-order valence-electron chi connectivity index (χ4n) is 5.97. The normalized spacial score (nSPS) is 39.7. The van der Waals surface area contributed by atoms with Crippen LogP contribution in [0.25, 0.3) is 0 Å². The molecule has 0 aromatic carbocycles. The van der Waals surface area contributed by atoms with Gasteiger partial charge in [-0.2, -0.15) is 0 Å². The number of aliphatic hydroxyl groups excluding tert-OH is 1. The Balaban J connectivity index is 1.68. The van der Waals surface area contributed by atoms with E-state index in [1.165, 1.54) is 38.5 Å². The van der Waals surface area contributed by atoms with E-state index in [1.807, 2.05) is 0 Å². The monoisotopic (exact) mass is 293 g/mol. The first-order chi connectivity index (χ1) is 9.88. The van der Waals surface area contributed by atoms with Crippen molar-refractivity contribution in [1.82, 2.24) is 4.90 Å². The minimum absolute atomic E-state index is 0.105. The molecular formula is C19H35NO. The number of nitrogens with zero attached hydrogens (tertiary/aromatic N) is 1. The van der Waals surface area contributed by atoms with Crippen LogP contribution >= 0.6 is 0 Å². The molecule has 0 aromatic heterocycles. The van der Waals surface area contributed by atoms with Gasteiger partial charge in [-0.15, -0.1) is 0 Å². The molecule has 4 rings (SSSR count). The SMILES string of the molecule is CC(C)CN(CC(O)C12CC3CC(CC(C3)C1)C2)C(C)C. The molecule has 0 amide bonds. The van der Waals surface area contributed by atoms with Crippen LogP contribution in [-0.4, -0.2) is 35.2 Å². The maximum atomic E-state index is 11.1. The van der Waals surface area contributed by atoms with Crippen molar-refractivity contribution >= 4 is 0 Å². The van der Waals surface area contributed by atoms with Crippen molar-refractivity contribution in [3.63, 3.8) is 0 Å². The highest BCUT2D eigenvalue weighted by Gasteiger charge is 2.54. The molecule has 0 radical (unpaired) electrons. The number of hydrogen-bond donors (Lipinski definition) is 1. The summed E-state index contributed by atoms with van der Waals surface area (Å²) in [4.78, 5) is 2.51. The minimum atomic E-state index is -0.105. The zero-order valence-electron chi connectivity index (χ0n) is 14.5. The Bertz CT molecular complexity index is 327. The molecule has 2 nitrogen and oxygen atoms in total. The van der Waals surface area contributed by atoms with Gasteiger partial charge in [0.2, 0.25) is 0 Å². The van der Waals surface area contributed by atoms with Gasteiger partial charge in [-0.05, 0) is 81.5 Å². The van der Waals surface area contributed by atoms with Crippen LogP contribution in [0.1, 0.15) is 66.2 Å². The van der Waals surface area contributed by atoms with Crippen LogP contribution in [0, 0.1) is 29.1 Å². The van der Waals surface area contributed by atoms with Gasteiger partial charge >= 0.3 is 0 Å². The summed E-state index contributed by atoms with van der Waals surface area (Å²) in [7, 11) is 0. The summed E-state index contributed by atoms with van der Waals surface area (Å²) in [6, 6.07) is 0.538. The lowest BCUT2D eigenvalue weighted by Crippen LogP contribution is -2.55. The zero-order valence-corrected chi connectivity index (χ0v) is 14.5. The van der Waals surface area contributed by atoms with E-state index < -0.39 is 0 Å². The zero-order chi connectivity index (χ0) is 15.2. The van der Waals surface area contributed by atoms with Crippen LogP contribution in [0.4, 0.5) is 0 Å². The quantitative estimate of drug-likeness (QED) is 0.802. The van der Waals surface area contributed by atoms with Crippen molar-refractivity contribution in [2.24, 2.45) is 29.1 Å². The van der Waals surface area contributed by atoms with Crippen molar-refractivity contribution in [2.45, 2.75) is 78.4 Å². The molecule has 0 saturated heterocycles. The van der Waals surface area contributed by atoms with E-state index in [0.717, 1.165) is 30.8 Å². The predicted octanol–water partition coefficient (Wildman–Crippen LogP) is 3.93. The van der Waals surface area contributed by atoms with Gasteiger partial charge < -0.3 is 5.11 Å². The van der Waals surface area contributed by atoms with Gasteiger partial charge in [0.05, 0.1) is 6.10 Å². The van der Waals surface area contributed by atoms with Crippen LogP contribution < -0.4 is 0 Å². The van der Waals surface area contributed by atoms with E-state index in [1.54, 1.807) is 0 Å². The summed E-state index contributed by atoms with van der Waals surface area (Å²) in [5.41, 5.74) is 0.277. The number of aliphatic hydroxyl groups is 1. The van der Waals surface area contributed by atoms with Crippen LogP contribution in [0.15, 0.2) is 0 Å². The Kier molecular flexibility index (Phi) is 4.40. The second kappa shape index (κ2) is 5.85. The summed E-state index contributed by atoms with van der Waals surface area (Å²) in [5, 5.41) is 11.1. The van der Waals surface area contributed by atoms with E-state index in [-0.39, 0.29) is 11.5 Å². The van der Waals surface area contributed by atoms with Crippen molar-refractivity contribution in [2.75, 3.05) is 13.1 Å². The summed E-state index contributed by atoms with van der Waals surface area (Å²) in [6.07, 6.45) is 8.23. The van der Waals surface area contributed by atoms with E-state index in [9.17, 15) is 5.11 Å². The number of rotatable bonds is 6. The largest absolute Gasteiger partial charge is 0.391 e. The smallest absolute Gasteiger partial charge is 0.0723 e. The first-order valence-electron chi connectivity index (χ1n) is 9.30. The summed E-state index contributed by atoms with van der Waals surface area (Å²) in [6.45, 7) is 11.1. The topological polar surface area (TPSA) is 23.5 Å². The molecule has 0 aromatic rings. The highest BCUT2D eigenvalue weighted by Crippen LogP contribution is 2.61. The van der Waals surface area contributed by atoms with Crippen LogP contribution in [0.3, 0.4) is 0 Å². The molecule has 1 unspecified atom stereocenters. The Hall–Kier alpha value is -0.0800. The van der Waals surface area contributed by atoms with Crippen LogP contribution in [-0.2, 0) is 0 Å². The average Bonchev–Trinajstić information content (AvgIpc) is 2.35. The lowest BCUT2D eigenvalue weighted by atomic mass is 9.48. The van der Waals surface area contributed by atoms with Gasteiger partial charge in [-0.1, -0.05) is 13.8 Å². The third kappa shape index (κ3) is 3.17. The summed E-state index contributed by atoms with van der Waals surface area (Å²) >= 11 is 0. The molecule has 122 valence electrons. The van der Waals surface area contributed by atoms with E-state index in [4.69, 9.17) is 0 Å². The third-order valence-corrected chi connectivity index (χ3v) is 6.53. The van der Waals surface area contributed by atoms with Crippen molar-refractivity contribution in [3.8, 4) is 0 Å².